The molecule has 0 aliphatic carbocycles. The van der Waals surface area contributed by atoms with Gasteiger partial charge in [0.15, 0.2) is 0 Å². The summed E-state index contributed by atoms with van der Waals surface area (Å²) in [6, 6.07) is 66.8. The third kappa shape index (κ3) is 4.75. The summed E-state index contributed by atoms with van der Waals surface area (Å²) in [5.41, 5.74) is 11.2. The van der Waals surface area contributed by atoms with E-state index in [9.17, 15) is 0 Å². The maximum Gasteiger partial charge on any atom is 0.143 e. The molecule has 0 amide bonds. The number of hydrogen-bond donors (Lipinski definition) is 0. The number of nitrogens with zero attached hydrogens (tertiary/aromatic N) is 1. The van der Waals surface area contributed by atoms with Crippen LogP contribution in [0.15, 0.2) is 197 Å². The number of para-hydroxylation sites is 3. The average molecular weight is 678 g/mol. The van der Waals surface area contributed by atoms with Crippen LogP contribution in [0, 0.1) is 0 Å². The quantitative estimate of drug-likeness (QED) is 0.182. The van der Waals surface area contributed by atoms with Crippen LogP contribution in [0.3, 0.4) is 0 Å². The molecule has 9 aromatic carbocycles. The average Bonchev–Trinajstić information content (AvgIpc) is 3.78. The molecule has 248 valence electrons. The van der Waals surface area contributed by atoms with E-state index >= 15 is 0 Å². The molecule has 2 aromatic heterocycles. The number of anilines is 3. The van der Waals surface area contributed by atoms with Crippen molar-refractivity contribution in [3.8, 4) is 22.3 Å². The lowest BCUT2D eigenvalue weighted by Gasteiger charge is -2.28. The second kappa shape index (κ2) is 11.7. The molecule has 3 heteroatoms. The molecule has 11 aromatic rings. The largest absolute Gasteiger partial charge is 0.456 e. The topological polar surface area (TPSA) is 29.5 Å². The molecule has 0 fully saturated rings. The number of benzene rings is 9. The van der Waals surface area contributed by atoms with Crippen LogP contribution in [-0.2, 0) is 0 Å². The van der Waals surface area contributed by atoms with Gasteiger partial charge >= 0.3 is 0 Å². The zero-order valence-electron chi connectivity index (χ0n) is 28.7. The minimum atomic E-state index is 0.869. The van der Waals surface area contributed by atoms with E-state index < -0.39 is 0 Å². The summed E-state index contributed by atoms with van der Waals surface area (Å²) in [5.74, 6) is 0. The van der Waals surface area contributed by atoms with E-state index in [1.165, 1.54) is 32.7 Å². The molecule has 11 rings (SSSR count). The van der Waals surface area contributed by atoms with Crippen LogP contribution in [0.25, 0.3) is 87.7 Å². The van der Waals surface area contributed by atoms with Gasteiger partial charge in [0.05, 0.1) is 5.69 Å². The first-order valence-corrected chi connectivity index (χ1v) is 18.0. The Morgan fingerprint density at radius 3 is 1.81 bits per heavy atom. The fraction of sp³-hybridized carbons (Fsp3) is 0. The van der Waals surface area contributed by atoms with Gasteiger partial charge in [-0.3, -0.25) is 0 Å². The molecule has 0 aliphatic rings. The highest BCUT2D eigenvalue weighted by atomic mass is 16.3. The van der Waals surface area contributed by atoms with Crippen molar-refractivity contribution < 1.29 is 8.83 Å². The second-order valence-electron chi connectivity index (χ2n) is 13.7. The molecule has 0 radical (unpaired) electrons. The van der Waals surface area contributed by atoms with Gasteiger partial charge in [-0.05, 0) is 87.3 Å². The molecular formula is C50H31NO2. The summed E-state index contributed by atoms with van der Waals surface area (Å²) < 4.78 is 13.0. The smallest absolute Gasteiger partial charge is 0.143 e. The minimum absolute atomic E-state index is 0.869. The molecule has 0 saturated heterocycles. The molecule has 0 bridgehead atoms. The van der Waals surface area contributed by atoms with Crippen molar-refractivity contribution in [1.29, 1.82) is 0 Å². The Balaban J connectivity index is 1.13. The molecule has 2 heterocycles. The predicted octanol–water partition coefficient (Wildman–Crippen LogP) is 14.6. The van der Waals surface area contributed by atoms with Crippen molar-refractivity contribution in [2.45, 2.75) is 0 Å². The predicted molar refractivity (Wildman–Crippen MR) is 222 cm³/mol. The fourth-order valence-electron chi connectivity index (χ4n) is 8.14. The monoisotopic (exact) mass is 677 g/mol. The van der Waals surface area contributed by atoms with E-state index in [1.807, 2.05) is 12.1 Å². The Morgan fingerprint density at radius 1 is 0.321 bits per heavy atom. The van der Waals surface area contributed by atoms with Crippen molar-refractivity contribution in [3.05, 3.63) is 188 Å². The van der Waals surface area contributed by atoms with Crippen molar-refractivity contribution in [3.63, 3.8) is 0 Å². The van der Waals surface area contributed by atoms with Gasteiger partial charge in [-0.1, -0.05) is 133 Å². The highest BCUT2D eigenvalue weighted by Crippen LogP contribution is 2.46. The number of rotatable bonds is 5. The zero-order valence-corrected chi connectivity index (χ0v) is 28.7. The molecule has 0 N–H and O–H groups in total. The number of hydrogen-bond acceptors (Lipinski definition) is 3. The normalized spacial score (nSPS) is 11.8. The van der Waals surface area contributed by atoms with Gasteiger partial charge in [0, 0.05) is 44.0 Å². The third-order valence-corrected chi connectivity index (χ3v) is 10.6. The molecule has 0 saturated carbocycles. The summed E-state index contributed by atoms with van der Waals surface area (Å²) in [6.07, 6.45) is 0. The van der Waals surface area contributed by atoms with Crippen LogP contribution in [0.2, 0.25) is 0 Å². The summed E-state index contributed by atoms with van der Waals surface area (Å²) in [4.78, 5) is 2.36. The van der Waals surface area contributed by atoms with Crippen molar-refractivity contribution in [1.82, 2.24) is 0 Å². The molecule has 0 atom stereocenters. The summed E-state index contributed by atoms with van der Waals surface area (Å²) >= 11 is 0. The third-order valence-electron chi connectivity index (χ3n) is 10.6. The van der Waals surface area contributed by atoms with Gasteiger partial charge in [0.1, 0.15) is 22.3 Å². The lowest BCUT2D eigenvalue weighted by Crippen LogP contribution is -2.11. The minimum Gasteiger partial charge on any atom is -0.456 e. The maximum absolute atomic E-state index is 6.76. The summed E-state index contributed by atoms with van der Waals surface area (Å²) in [6.45, 7) is 0. The second-order valence-corrected chi connectivity index (χ2v) is 13.7. The van der Waals surface area contributed by atoms with E-state index in [-0.39, 0.29) is 0 Å². The highest BCUT2D eigenvalue weighted by Gasteiger charge is 2.22. The van der Waals surface area contributed by atoms with Gasteiger partial charge < -0.3 is 13.7 Å². The fourth-order valence-corrected chi connectivity index (χ4v) is 8.14. The van der Waals surface area contributed by atoms with Crippen LogP contribution in [0.5, 0.6) is 0 Å². The van der Waals surface area contributed by atoms with E-state index in [0.717, 1.165) is 72.1 Å². The molecular weight excluding hydrogens is 647 g/mol. The van der Waals surface area contributed by atoms with Gasteiger partial charge in [-0.15, -0.1) is 0 Å². The first kappa shape index (κ1) is 29.6. The molecule has 0 unspecified atom stereocenters. The summed E-state index contributed by atoms with van der Waals surface area (Å²) in [5, 5.41) is 9.26. The SMILES string of the molecule is c1ccc(N(c2ccc(-c3cccc4ccccc34)cc2)c2ccc3oc4ccccc4c3c2)c(-c2cccc3c2oc2cc4ccccc4cc23)c1. The Bertz CT molecular complexity index is 3180. The first-order chi connectivity index (χ1) is 26.3. The van der Waals surface area contributed by atoms with Gasteiger partial charge in [-0.2, -0.15) is 0 Å². The summed E-state index contributed by atoms with van der Waals surface area (Å²) in [7, 11) is 0. The zero-order chi connectivity index (χ0) is 34.9. The number of furan rings is 2. The van der Waals surface area contributed by atoms with E-state index in [0.29, 0.717) is 0 Å². The van der Waals surface area contributed by atoms with E-state index in [2.05, 4.69) is 181 Å². The lowest BCUT2D eigenvalue weighted by molar-refractivity contribution is 0.669. The standard InChI is InChI=1S/C50H31NO2/c1-2-13-35-30-49-44(29-34(35)12-1)43-20-10-19-42(50(43)53-49)40-16-5-7-21-46(40)51(37-27-28-48-45(31-37)41-17-6-8-22-47(41)52-48)36-25-23-33(24-26-36)39-18-9-14-32-11-3-4-15-38(32)39/h1-31H. The highest BCUT2D eigenvalue weighted by molar-refractivity contribution is 6.14. The Hall–Kier alpha value is -7.10. The van der Waals surface area contributed by atoms with Gasteiger partial charge in [-0.25, -0.2) is 0 Å². The van der Waals surface area contributed by atoms with E-state index in [4.69, 9.17) is 8.83 Å². The van der Waals surface area contributed by atoms with Crippen molar-refractivity contribution in [2.24, 2.45) is 0 Å². The Morgan fingerprint density at radius 2 is 0.925 bits per heavy atom. The van der Waals surface area contributed by atoms with Crippen molar-refractivity contribution in [2.75, 3.05) is 4.90 Å². The van der Waals surface area contributed by atoms with Crippen LogP contribution in [-0.4, -0.2) is 0 Å². The Kier molecular flexibility index (Phi) is 6.55. The molecule has 0 aliphatic heterocycles. The van der Waals surface area contributed by atoms with Crippen LogP contribution >= 0.6 is 0 Å². The molecule has 3 nitrogen and oxygen atoms in total. The lowest BCUT2D eigenvalue weighted by atomic mass is 9.97. The first-order valence-electron chi connectivity index (χ1n) is 18.0. The van der Waals surface area contributed by atoms with Crippen molar-refractivity contribution >= 4 is 82.5 Å². The van der Waals surface area contributed by atoms with Gasteiger partial charge in [0.25, 0.3) is 0 Å². The number of fused-ring (bicyclic) bond motifs is 8. The van der Waals surface area contributed by atoms with Gasteiger partial charge in [0.2, 0.25) is 0 Å². The van der Waals surface area contributed by atoms with Crippen LogP contribution < -0.4 is 4.90 Å². The van der Waals surface area contributed by atoms with E-state index in [1.54, 1.807) is 0 Å². The maximum atomic E-state index is 6.76. The van der Waals surface area contributed by atoms with Crippen LogP contribution in [0.4, 0.5) is 17.1 Å². The Labute approximate surface area is 305 Å². The molecule has 53 heavy (non-hydrogen) atoms. The molecule has 0 spiro atoms. The van der Waals surface area contributed by atoms with Crippen LogP contribution in [0.1, 0.15) is 0 Å².